The first-order chi connectivity index (χ1) is 9.11. The first kappa shape index (κ1) is 12.2. The third-order valence-corrected chi connectivity index (χ3v) is 3.43. The summed E-state index contributed by atoms with van der Waals surface area (Å²) in [5.41, 5.74) is 2.75. The Balaban J connectivity index is 2.18. The number of aromatic nitrogens is 7. The van der Waals surface area contributed by atoms with Crippen LogP contribution in [0.5, 0.6) is 0 Å². The van der Waals surface area contributed by atoms with Crippen molar-refractivity contribution in [2.24, 2.45) is 14.1 Å². The minimum absolute atomic E-state index is 0.353. The molecule has 7 nitrogen and oxygen atoms in total. The molecule has 0 N–H and O–H groups in total. The Morgan fingerprint density at radius 2 is 2.05 bits per heavy atom. The van der Waals surface area contributed by atoms with Gasteiger partial charge in [0.25, 0.3) is 0 Å². The Kier molecular flexibility index (Phi) is 2.78. The molecule has 0 fully saturated rings. The molecule has 0 aliphatic rings. The van der Waals surface area contributed by atoms with Crippen molar-refractivity contribution in [3.05, 3.63) is 23.7 Å². The van der Waals surface area contributed by atoms with Gasteiger partial charge < -0.3 is 9.13 Å². The van der Waals surface area contributed by atoms with Crippen molar-refractivity contribution in [1.29, 1.82) is 0 Å². The average molecular weight is 280 g/mol. The molecule has 0 saturated heterocycles. The number of hydrogen-bond donors (Lipinski definition) is 0. The summed E-state index contributed by atoms with van der Waals surface area (Å²) in [5, 5.41) is 12.4. The minimum Gasteiger partial charge on any atom is -0.319 e. The fourth-order valence-electron chi connectivity index (χ4n) is 2.24. The van der Waals surface area contributed by atoms with Gasteiger partial charge in [0.1, 0.15) is 17.7 Å². The third kappa shape index (κ3) is 1.81. The van der Waals surface area contributed by atoms with Gasteiger partial charge in [0.05, 0.1) is 18.1 Å². The lowest BCUT2D eigenvalue weighted by Gasteiger charge is -2.07. The van der Waals surface area contributed by atoms with E-state index < -0.39 is 0 Å². The molecule has 0 atom stereocenters. The van der Waals surface area contributed by atoms with E-state index in [9.17, 15) is 0 Å². The Bertz CT molecular complexity index is 736. The molecule has 0 bridgehead atoms. The monoisotopic (exact) mass is 279 g/mol. The summed E-state index contributed by atoms with van der Waals surface area (Å²) in [6, 6.07) is 0. The van der Waals surface area contributed by atoms with Gasteiger partial charge in [-0.15, -0.1) is 21.8 Å². The van der Waals surface area contributed by atoms with E-state index in [-0.39, 0.29) is 0 Å². The lowest BCUT2D eigenvalue weighted by Crippen LogP contribution is -2.11. The fourth-order valence-corrected chi connectivity index (χ4v) is 2.44. The van der Waals surface area contributed by atoms with Gasteiger partial charge in [0.15, 0.2) is 11.5 Å². The van der Waals surface area contributed by atoms with Gasteiger partial charge in [-0.2, -0.15) is 5.10 Å². The number of alkyl halides is 1. The van der Waals surface area contributed by atoms with Crippen molar-refractivity contribution in [2.75, 3.05) is 0 Å². The summed E-state index contributed by atoms with van der Waals surface area (Å²) in [6.07, 6.45) is 1.68. The highest BCUT2D eigenvalue weighted by Crippen LogP contribution is 2.20. The highest BCUT2D eigenvalue weighted by molar-refractivity contribution is 6.16. The summed E-state index contributed by atoms with van der Waals surface area (Å²) in [6.45, 7) is 2.52. The number of aryl methyl sites for hydroxylation is 3. The summed E-state index contributed by atoms with van der Waals surface area (Å²) >= 11 is 5.99. The largest absolute Gasteiger partial charge is 0.319 e. The molecule has 3 rings (SSSR count). The first-order valence-electron chi connectivity index (χ1n) is 5.89. The van der Waals surface area contributed by atoms with Gasteiger partial charge in [-0.05, 0) is 6.92 Å². The second-order valence-electron chi connectivity index (χ2n) is 4.49. The molecular formula is C11H14ClN7. The summed E-state index contributed by atoms with van der Waals surface area (Å²) in [5.74, 6) is 2.02. The van der Waals surface area contributed by atoms with Crippen LogP contribution in [0, 0.1) is 6.92 Å². The second kappa shape index (κ2) is 4.34. The topological polar surface area (TPSA) is 66.3 Å². The van der Waals surface area contributed by atoms with Crippen LogP contribution < -0.4 is 0 Å². The van der Waals surface area contributed by atoms with Gasteiger partial charge in [-0.1, -0.05) is 0 Å². The molecule has 0 unspecified atom stereocenters. The van der Waals surface area contributed by atoms with Crippen LogP contribution in [0.25, 0.3) is 11.2 Å². The zero-order valence-corrected chi connectivity index (χ0v) is 11.8. The molecule has 0 saturated carbocycles. The van der Waals surface area contributed by atoms with Gasteiger partial charge in [0, 0.05) is 14.1 Å². The molecule has 0 aliphatic carbocycles. The van der Waals surface area contributed by atoms with Crippen molar-refractivity contribution in [3.63, 3.8) is 0 Å². The normalized spacial score (nSPS) is 11.6. The molecule has 0 amide bonds. The Morgan fingerprint density at radius 1 is 1.26 bits per heavy atom. The van der Waals surface area contributed by atoms with Crippen LogP contribution >= 0.6 is 11.6 Å². The standard InChI is InChI=1S/C11H14ClN7/c1-7-10-11(18(3)16-7)19(8(4-12)14-10)5-9-15-13-6-17(9)2/h6H,4-5H2,1-3H3. The van der Waals surface area contributed by atoms with E-state index in [2.05, 4.69) is 20.3 Å². The summed E-state index contributed by atoms with van der Waals surface area (Å²) < 4.78 is 5.74. The van der Waals surface area contributed by atoms with Gasteiger partial charge >= 0.3 is 0 Å². The zero-order chi connectivity index (χ0) is 13.6. The number of imidazole rings is 1. The zero-order valence-electron chi connectivity index (χ0n) is 11.0. The smallest absolute Gasteiger partial charge is 0.159 e. The van der Waals surface area contributed by atoms with Crippen molar-refractivity contribution < 1.29 is 0 Å². The van der Waals surface area contributed by atoms with E-state index in [4.69, 9.17) is 11.6 Å². The molecule has 0 aliphatic heterocycles. The van der Waals surface area contributed by atoms with Gasteiger partial charge in [-0.3, -0.25) is 4.68 Å². The number of nitrogens with zero attached hydrogens (tertiary/aromatic N) is 7. The quantitative estimate of drug-likeness (QED) is 0.671. The van der Waals surface area contributed by atoms with E-state index >= 15 is 0 Å². The lowest BCUT2D eigenvalue weighted by molar-refractivity contribution is 0.659. The summed E-state index contributed by atoms with van der Waals surface area (Å²) in [7, 11) is 3.82. The van der Waals surface area contributed by atoms with Crippen molar-refractivity contribution in [3.8, 4) is 0 Å². The Morgan fingerprint density at radius 3 is 2.68 bits per heavy atom. The van der Waals surface area contributed by atoms with Crippen LogP contribution in [0.2, 0.25) is 0 Å². The molecule has 0 aromatic carbocycles. The third-order valence-electron chi connectivity index (χ3n) is 3.19. The molecule has 0 spiro atoms. The van der Waals surface area contributed by atoms with Crippen LogP contribution in [0.15, 0.2) is 6.33 Å². The maximum absolute atomic E-state index is 5.99. The summed E-state index contributed by atoms with van der Waals surface area (Å²) in [4.78, 5) is 4.55. The lowest BCUT2D eigenvalue weighted by atomic mass is 10.4. The highest BCUT2D eigenvalue weighted by Gasteiger charge is 2.18. The van der Waals surface area contributed by atoms with E-state index in [1.165, 1.54) is 0 Å². The predicted molar refractivity (Wildman–Crippen MR) is 70.9 cm³/mol. The molecule has 3 aromatic heterocycles. The molecular weight excluding hydrogens is 266 g/mol. The van der Waals surface area contributed by atoms with E-state index in [1.807, 2.05) is 34.8 Å². The van der Waals surface area contributed by atoms with Crippen molar-refractivity contribution in [1.82, 2.24) is 34.1 Å². The maximum Gasteiger partial charge on any atom is 0.159 e. The number of halogens is 1. The number of fused-ring (bicyclic) bond motifs is 1. The van der Waals surface area contributed by atoms with Crippen LogP contribution in [0.3, 0.4) is 0 Å². The van der Waals surface area contributed by atoms with Gasteiger partial charge in [-0.25, -0.2) is 4.98 Å². The van der Waals surface area contributed by atoms with Gasteiger partial charge in [0.2, 0.25) is 0 Å². The molecule has 19 heavy (non-hydrogen) atoms. The van der Waals surface area contributed by atoms with E-state index in [1.54, 1.807) is 6.33 Å². The van der Waals surface area contributed by atoms with E-state index in [0.717, 1.165) is 28.5 Å². The first-order valence-corrected chi connectivity index (χ1v) is 6.42. The second-order valence-corrected chi connectivity index (χ2v) is 4.75. The predicted octanol–water partition coefficient (Wildman–Crippen LogP) is 0.994. The Labute approximate surface area is 114 Å². The van der Waals surface area contributed by atoms with Crippen molar-refractivity contribution in [2.45, 2.75) is 19.3 Å². The van der Waals surface area contributed by atoms with Crippen LogP contribution in [0.1, 0.15) is 17.3 Å². The molecule has 0 radical (unpaired) electrons. The van der Waals surface area contributed by atoms with Crippen LogP contribution in [-0.4, -0.2) is 34.1 Å². The van der Waals surface area contributed by atoms with Crippen LogP contribution in [0.4, 0.5) is 0 Å². The Hall–Kier alpha value is -1.89. The average Bonchev–Trinajstić information content (AvgIpc) is 3.00. The maximum atomic E-state index is 5.99. The SMILES string of the molecule is Cc1nn(C)c2c1nc(CCl)n2Cc1nncn1C. The molecule has 3 aromatic rings. The van der Waals surface area contributed by atoms with Crippen molar-refractivity contribution >= 4 is 22.8 Å². The van der Waals surface area contributed by atoms with E-state index in [0.29, 0.717) is 12.4 Å². The minimum atomic E-state index is 0.353. The number of hydrogen-bond acceptors (Lipinski definition) is 4. The highest BCUT2D eigenvalue weighted by atomic mass is 35.5. The molecule has 100 valence electrons. The molecule has 3 heterocycles. The number of rotatable bonds is 3. The molecule has 8 heteroatoms. The fraction of sp³-hybridized carbons (Fsp3) is 0.455. The van der Waals surface area contributed by atoms with Crippen LogP contribution in [-0.2, 0) is 26.5 Å².